The van der Waals surface area contributed by atoms with Crippen molar-refractivity contribution in [3.05, 3.63) is 33.9 Å². The van der Waals surface area contributed by atoms with Crippen molar-refractivity contribution < 1.29 is 22.8 Å². The van der Waals surface area contributed by atoms with Gasteiger partial charge in [0.1, 0.15) is 6.04 Å². The minimum absolute atomic E-state index is 0. The van der Waals surface area contributed by atoms with Crippen LogP contribution in [0.25, 0.3) is 0 Å². The number of rotatable bonds is 3. The Morgan fingerprint density at radius 2 is 2.00 bits per heavy atom. The van der Waals surface area contributed by atoms with Crippen molar-refractivity contribution in [2.75, 3.05) is 7.11 Å². The van der Waals surface area contributed by atoms with Gasteiger partial charge < -0.3 is 10.5 Å². The number of nitrogens with zero attached hydrogens (tertiary/aromatic N) is 1. The molecule has 102 valence electrons. The van der Waals surface area contributed by atoms with E-state index in [0.717, 1.165) is 18.2 Å². The molecule has 0 spiro atoms. The van der Waals surface area contributed by atoms with E-state index in [0.29, 0.717) is 0 Å². The predicted molar refractivity (Wildman–Crippen MR) is 59.9 cm³/mol. The summed E-state index contributed by atoms with van der Waals surface area (Å²) in [7, 11) is 1.19. The van der Waals surface area contributed by atoms with Gasteiger partial charge in [0.2, 0.25) is 0 Å². The summed E-state index contributed by atoms with van der Waals surface area (Å²) in [6.45, 7) is 0. The van der Waals surface area contributed by atoms with Gasteiger partial charge in [-0.15, -0.1) is 12.4 Å². The third-order valence-electron chi connectivity index (χ3n) is 2.11. The van der Waals surface area contributed by atoms with Crippen LogP contribution in [-0.2, 0) is 0 Å². The zero-order valence-electron chi connectivity index (χ0n) is 9.10. The van der Waals surface area contributed by atoms with E-state index >= 15 is 0 Å². The second-order valence-corrected chi connectivity index (χ2v) is 3.21. The van der Waals surface area contributed by atoms with Gasteiger partial charge in [0.15, 0.2) is 5.75 Å². The van der Waals surface area contributed by atoms with Crippen LogP contribution in [0.3, 0.4) is 0 Å². The van der Waals surface area contributed by atoms with E-state index in [2.05, 4.69) is 4.74 Å². The van der Waals surface area contributed by atoms with Crippen molar-refractivity contribution in [3.63, 3.8) is 0 Å². The molecule has 0 fully saturated rings. The number of methoxy groups -OCH3 is 1. The van der Waals surface area contributed by atoms with Crippen LogP contribution in [0.2, 0.25) is 0 Å². The van der Waals surface area contributed by atoms with Gasteiger partial charge in [-0.2, -0.15) is 13.2 Å². The highest BCUT2D eigenvalue weighted by Crippen LogP contribution is 2.35. The first kappa shape index (κ1) is 16.5. The summed E-state index contributed by atoms with van der Waals surface area (Å²) in [5, 5.41) is 10.6. The van der Waals surface area contributed by atoms with Crippen molar-refractivity contribution >= 4 is 18.1 Å². The first-order chi connectivity index (χ1) is 7.77. The van der Waals surface area contributed by atoms with Crippen molar-refractivity contribution in [3.8, 4) is 5.75 Å². The first-order valence-electron chi connectivity index (χ1n) is 4.42. The summed E-state index contributed by atoms with van der Waals surface area (Å²) in [4.78, 5) is 9.78. The largest absolute Gasteiger partial charge is 0.490 e. The molecule has 0 aromatic heterocycles. The Morgan fingerprint density at radius 3 is 2.39 bits per heavy atom. The number of halogens is 4. The SMILES string of the molecule is COc1ccc([C@@H](N)C(F)(F)F)cc1[N+](=O)[O-].Cl. The number of hydrogen-bond donors (Lipinski definition) is 1. The van der Waals surface area contributed by atoms with E-state index in [1.54, 1.807) is 0 Å². The van der Waals surface area contributed by atoms with Gasteiger partial charge in [-0.05, 0) is 11.6 Å². The fraction of sp³-hybridized carbons (Fsp3) is 0.333. The van der Waals surface area contributed by atoms with Crippen LogP contribution >= 0.6 is 12.4 Å². The smallest absolute Gasteiger partial charge is 0.407 e. The Balaban J connectivity index is 0.00000289. The van der Waals surface area contributed by atoms with Gasteiger partial charge in [-0.25, -0.2) is 0 Å². The molecular weight excluding hydrogens is 277 g/mol. The molecule has 18 heavy (non-hydrogen) atoms. The Hall–Kier alpha value is -1.54. The van der Waals surface area contributed by atoms with Crippen LogP contribution in [0.5, 0.6) is 5.75 Å². The number of nitrogens with two attached hydrogens (primary N) is 1. The van der Waals surface area contributed by atoms with Crippen LogP contribution in [0.1, 0.15) is 11.6 Å². The predicted octanol–water partition coefficient (Wildman–Crippen LogP) is 2.59. The van der Waals surface area contributed by atoms with Gasteiger partial charge in [0.05, 0.1) is 12.0 Å². The number of hydrogen-bond acceptors (Lipinski definition) is 4. The highest BCUT2D eigenvalue weighted by molar-refractivity contribution is 5.85. The second-order valence-electron chi connectivity index (χ2n) is 3.21. The number of alkyl halides is 3. The van der Waals surface area contributed by atoms with Crippen LogP contribution in [0.15, 0.2) is 18.2 Å². The Morgan fingerprint density at radius 1 is 1.44 bits per heavy atom. The highest BCUT2D eigenvalue weighted by atomic mass is 35.5. The Kier molecular flexibility index (Phi) is 5.37. The standard InChI is InChI=1S/C9H9F3N2O3.ClH/c1-17-7-3-2-5(4-6(7)14(15)16)8(13)9(10,11)12;/h2-4,8H,13H2,1H3;1H/t8-;/m1./s1. The Bertz CT molecular complexity index is 440. The fourth-order valence-electron chi connectivity index (χ4n) is 1.23. The molecule has 0 heterocycles. The molecule has 1 aromatic carbocycles. The summed E-state index contributed by atoms with van der Waals surface area (Å²) in [5.74, 6) is -0.117. The third-order valence-corrected chi connectivity index (χ3v) is 2.11. The quantitative estimate of drug-likeness (QED) is 0.684. The van der Waals surface area contributed by atoms with Crippen molar-refractivity contribution in [1.82, 2.24) is 0 Å². The monoisotopic (exact) mass is 286 g/mol. The summed E-state index contributed by atoms with van der Waals surface area (Å²) in [6, 6.07) is 0.632. The number of nitro benzene ring substituents is 1. The lowest BCUT2D eigenvalue weighted by atomic mass is 10.1. The lowest BCUT2D eigenvalue weighted by Crippen LogP contribution is -2.28. The number of nitro groups is 1. The van der Waals surface area contributed by atoms with E-state index in [1.807, 2.05) is 0 Å². The first-order valence-corrected chi connectivity index (χ1v) is 4.42. The molecule has 9 heteroatoms. The van der Waals surface area contributed by atoms with Crippen LogP contribution in [-0.4, -0.2) is 18.2 Å². The van der Waals surface area contributed by atoms with Crippen LogP contribution in [0, 0.1) is 10.1 Å². The number of ether oxygens (including phenoxy) is 1. The molecule has 1 rings (SSSR count). The lowest BCUT2D eigenvalue weighted by Gasteiger charge is -2.16. The maximum Gasteiger partial charge on any atom is 0.407 e. The molecular formula is C9H10ClF3N2O3. The molecule has 5 nitrogen and oxygen atoms in total. The normalized spacial score (nSPS) is 12.5. The summed E-state index contributed by atoms with van der Waals surface area (Å²) in [5.41, 5.74) is 4.01. The molecule has 0 radical (unpaired) electrons. The van der Waals surface area contributed by atoms with Gasteiger partial charge in [-0.3, -0.25) is 10.1 Å². The van der Waals surface area contributed by atoms with Gasteiger partial charge >= 0.3 is 11.9 Å². The molecule has 2 N–H and O–H groups in total. The molecule has 1 atom stereocenters. The van der Waals surface area contributed by atoms with E-state index in [9.17, 15) is 23.3 Å². The molecule has 0 amide bonds. The van der Waals surface area contributed by atoms with Crippen LogP contribution in [0.4, 0.5) is 18.9 Å². The van der Waals surface area contributed by atoms with E-state index in [1.165, 1.54) is 7.11 Å². The maximum absolute atomic E-state index is 12.3. The van der Waals surface area contributed by atoms with Crippen molar-refractivity contribution in [2.45, 2.75) is 12.2 Å². The zero-order chi connectivity index (χ0) is 13.2. The average molecular weight is 287 g/mol. The van der Waals surface area contributed by atoms with Gasteiger partial charge in [0, 0.05) is 6.07 Å². The third kappa shape index (κ3) is 3.47. The zero-order valence-corrected chi connectivity index (χ0v) is 9.92. The van der Waals surface area contributed by atoms with E-state index in [4.69, 9.17) is 5.73 Å². The molecule has 0 bridgehead atoms. The maximum atomic E-state index is 12.3. The minimum atomic E-state index is -4.65. The summed E-state index contributed by atoms with van der Waals surface area (Å²) in [6.07, 6.45) is -4.65. The van der Waals surface area contributed by atoms with Gasteiger partial charge in [-0.1, -0.05) is 6.07 Å². The van der Waals surface area contributed by atoms with Crippen LogP contribution < -0.4 is 10.5 Å². The molecule has 0 unspecified atom stereocenters. The van der Waals surface area contributed by atoms with Crippen molar-refractivity contribution in [2.24, 2.45) is 5.73 Å². The molecule has 0 saturated carbocycles. The highest BCUT2D eigenvalue weighted by Gasteiger charge is 2.38. The summed E-state index contributed by atoms with van der Waals surface area (Å²) < 4.78 is 41.6. The molecule has 0 aliphatic carbocycles. The van der Waals surface area contributed by atoms with Crippen molar-refractivity contribution in [1.29, 1.82) is 0 Å². The second kappa shape index (κ2) is 5.87. The molecule has 1 aromatic rings. The lowest BCUT2D eigenvalue weighted by molar-refractivity contribution is -0.385. The van der Waals surface area contributed by atoms with E-state index in [-0.39, 0.29) is 23.7 Å². The molecule has 0 saturated heterocycles. The van der Waals surface area contributed by atoms with Gasteiger partial charge in [0.25, 0.3) is 0 Å². The summed E-state index contributed by atoms with van der Waals surface area (Å²) >= 11 is 0. The minimum Gasteiger partial charge on any atom is -0.490 e. The molecule has 0 aliphatic heterocycles. The molecule has 0 aliphatic rings. The average Bonchev–Trinajstić information content (AvgIpc) is 2.25. The Labute approximate surface area is 106 Å². The number of benzene rings is 1. The topological polar surface area (TPSA) is 78.4 Å². The van der Waals surface area contributed by atoms with E-state index < -0.39 is 22.8 Å². The fourth-order valence-corrected chi connectivity index (χ4v) is 1.23.